The van der Waals surface area contributed by atoms with Crippen LogP contribution in [0.1, 0.15) is 46.5 Å². The third-order valence-electron chi connectivity index (χ3n) is 3.83. The lowest BCUT2D eigenvalue weighted by Gasteiger charge is -2.12. The molecule has 2 N–H and O–H groups in total. The first kappa shape index (κ1) is 18.6. The fourth-order valence-corrected chi connectivity index (χ4v) is 2.13. The van der Waals surface area contributed by atoms with Gasteiger partial charge in [-0.1, -0.05) is 19.1 Å². The molecular weight excluding hydrogens is 326 g/mol. The quantitative estimate of drug-likeness (QED) is 0.842. The van der Waals surface area contributed by atoms with E-state index in [0.717, 1.165) is 24.1 Å². The van der Waals surface area contributed by atoms with E-state index in [1.54, 1.807) is 24.3 Å². The minimum Gasteiger partial charge on any atom is -0.350 e. The molecule has 0 heterocycles. The predicted octanol–water partition coefficient (Wildman–Crippen LogP) is 3.42. The molecule has 0 aliphatic rings. The molecule has 0 saturated heterocycles. The number of carbonyl (C=O) groups excluding carboxylic acids is 2. The highest BCUT2D eigenvalue weighted by Crippen LogP contribution is 2.10. The van der Waals surface area contributed by atoms with E-state index in [9.17, 15) is 18.4 Å². The smallest absolute Gasteiger partial charge is 0.254 e. The summed E-state index contributed by atoms with van der Waals surface area (Å²) in [6.45, 7) is 4.08. The molecule has 2 amide bonds. The van der Waals surface area contributed by atoms with Crippen LogP contribution in [0.25, 0.3) is 0 Å². The molecule has 0 aliphatic carbocycles. The van der Waals surface area contributed by atoms with E-state index < -0.39 is 17.5 Å². The molecule has 0 spiro atoms. The van der Waals surface area contributed by atoms with Crippen molar-refractivity contribution in [1.82, 2.24) is 10.6 Å². The zero-order valence-electron chi connectivity index (χ0n) is 14.1. The Labute approximate surface area is 145 Å². The Morgan fingerprint density at radius 1 is 1.04 bits per heavy atom. The second kappa shape index (κ2) is 8.37. The number of halogens is 2. The van der Waals surface area contributed by atoms with Gasteiger partial charge in [0.15, 0.2) is 0 Å². The van der Waals surface area contributed by atoms with Crippen LogP contribution in [-0.2, 0) is 6.54 Å². The molecular formula is C19H20F2N2O2. The van der Waals surface area contributed by atoms with Crippen LogP contribution >= 0.6 is 0 Å². The van der Waals surface area contributed by atoms with Gasteiger partial charge in [-0.05, 0) is 43.2 Å². The third-order valence-corrected chi connectivity index (χ3v) is 3.83. The van der Waals surface area contributed by atoms with Gasteiger partial charge in [-0.3, -0.25) is 9.59 Å². The van der Waals surface area contributed by atoms with Gasteiger partial charge < -0.3 is 10.6 Å². The molecule has 0 saturated carbocycles. The molecule has 0 aromatic heterocycles. The molecule has 1 atom stereocenters. The van der Waals surface area contributed by atoms with Gasteiger partial charge in [0.25, 0.3) is 11.8 Å². The van der Waals surface area contributed by atoms with Gasteiger partial charge in [-0.25, -0.2) is 8.78 Å². The Bertz CT molecular complexity index is 761. The van der Waals surface area contributed by atoms with Gasteiger partial charge >= 0.3 is 0 Å². The summed E-state index contributed by atoms with van der Waals surface area (Å²) < 4.78 is 26.4. The summed E-state index contributed by atoms with van der Waals surface area (Å²) in [7, 11) is 0. The molecule has 0 unspecified atom stereocenters. The predicted molar refractivity (Wildman–Crippen MR) is 91.2 cm³/mol. The van der Waals surface area contributed by atoms with Crippen molar-refractivity contribution in [1.29, 1.82) is 0 Å². The van der Waals surface area contributed by atoms with Gasteiger partial charge in [-0.15, -0.1) is 0 Å². The maximum absolute atomic E-state index is 13.6. The van der Waals surface area contributed by atoms with Gasteiger partial charge in [0, 0.05) is 24.2 Å². The fraction of sp³-hybridized carbons (Fsp3) is 0.263. The number of carbonyl (C=O) groups is 2. The van der Waals surface area contributed by atoms with Crippen LogP contribution in [0.3, 0.4) is 0 Å². The first-order chi connectivity index (χ1) is 11.9. The lowest BCUT2D eigenvalue weighted by Crippen LogP contribution is -2.31. The summed E-state index contributed by atoms with van der Waals surface area (Å²) in [5, 5.41) is 5.43. The first-order valence-electron chi connectivity index (χ1n) is 8.03. The topological polar surface area (TPSA) is 58.2 Å². The molecule has 2 rings (SSSR count). The summed E-state index contributed by atoms with van der Waals surface area (Å²) in [5.74, 6) is -2.43. The van der Waals surface area contributed by atoms with Crippen molar-refractivity contribution in [3.05, 3.63) is 70.8 Å². The molecule has 0 fully saturated rings. The summed E-state index contributed by atoms with van der Waals surface area (Å²) >= 11 is 0. The Kier molecular flexibility index (Phi) is 6.22. The van der Waals surface area contributed by atoms with Crippen molar-refractivity contribution in [2.75, 3.05) is 0 Å². The van der Waals surface area contributed by atoms with E-state index in [1.807, 2.05) is 13.8 Å². The van der Waals surface area contributed by atoms with E-state index in [2.05, 4.69) is 10.6 Å². The molecule has 0 aliphatic heterocycles. The van der Waals surface area contributed by atoms with Crippen LogP contribution in [0, 0.1) is 11.6 Å². The number of nitrogens with one attached hydrogen (secondary N) is 2. The molecule has 2 aromatic carbocycles. The average Bonchev–Trinajstić information content (AvgIpc) is 2.60. The molecule has 6 heteroatoms. The van der Waals surface area contributed by atoms with E-state index in [0.29, 0.717) is 11.6 Å². The first-order valence-corrected chi connectivity index (χ1v) is 8.03. The largest absolute Gasteiger partial charge is 0.350 e. The lowest BCUT2D eigenvalue weighted by molar-refractivity contribution is 0.0932. The van der Waals surface area contributed by atoms with Crippen LogP contribution in [0.15, 0.2) is 42.5 Å². The van der Waals surface area contributed by atoms with Crippen LogP contribution in [-0.4, -0.2) is 17.9 Å². The van der Waals surface area contributed by atoms with E-state index in [1.165, 1.54) is 0 Å². The summed E-state index contributed by atoms with van der Waals surface area (Å²) in [6, 6.07) is 9.65. The van der Waals surface area contributed by atoms with Crippen molar-refractivity contribution < 1.29 is 18.4 Å². The Hall–Kier alpha value is -2.76. The van der Waals surface area contributed by atoms with Gasteiger partial charge in [0.2, 0.25) is 0 Å². The van der Waals surface area contributed by atoms with E-state index in [-0.39, 0.29) is 24.1 Å². The average molecular weight is 346 g/mol. The van der Waals surface area contributed by atoms with Crippen molar-refractivity contribution in [2.45, 2.75) is 32.9 Å². The minimum absolute atomic E-state index is 0.0945. The third kappa shape index (κ3) is 5.11. The fourth-order valence-electron chi connectivity index (χ4n) is 2.13. The Balaban J connectivity index is 1.95. The van der Waals surface area contributed by atoms with Crippen LogP contribution in [0.4, 0.5) is 8.78 Å². The summed E-state index contributed by atoms with van der Waals surface area (Å²) in [5.41, 5.74) is 1.07. The Morgan fingerprint density at radius 2 is 1.72 bits per heavy atom. The van der Waals surface area contributed by atoms with Crippen molar-refractivity contribution in [2.24, 2.45) is 0 Å². The monoisotopic (exact) mass is 346 g/mol. The molecule has 132 valence electrons. The molecule has 0 bridgehead atoms. The lowest BCUT2D eigenvalue weighted by atomic mass is 10.1. The second-order valence-corrected chi connectivity index (χ2v) is 5.79. The molecule has 0 radical (unpaired) electrons. The minimum atomic E-state index is -0.908. The molecule has 25 heavy (non-hydrogen) atoms. The standard InChI is InChI=1S/C19H20F2N2O2/c1-3-12(2)23-18(24)14-6-4-13(5-7-14)11-22-19(25)16-9-8-15(20)10-17(16)21/h4-10,12H,3,11H2,1-2H3,(H,22,25)(H,23,24)/t12-/m0/s1. The van der Waals surface area contributed by atoms with Gasteiger partial charge in [-0.2, -0.15) is 0 Å². The normalized spacial score (nSPS) is 11.7. The Morgan fingerprint density at radius 3 is 2.32 bits per heavy atom. The van der Waals surface area contributed by atoms with Crippen molar-refractivity contribution in [3.8, 4) is 0 Å². The maximum Gasteiger partial charge on any atom is 0.254 e. The highest BCUT2D eigenvalue weighted by atomic mass is 19.1. The molecule has 2 aromatic rings. The van der Waals surface area contributed by atoms with Gasteiger partial charge in [0.1, 0.15) is 11.6 Å². The van der Waals surface area contributed by atoms with Crippen LogP contribution < -0.4 is 10.6 Å². The van der Waals surface area contributed by atoms with Gasteiger partial charge in [0.05, 0.1) is 5.56 Å². The zero-order valence-corrected chi connectivity index (χ0v) is 14.1. The highest BCUT2D eigenvalue weighted by molar-refractivity contribution is 5.95. The van der Waals surface area contributed by atoms with Crippen LogP contribution in [0.5, 0.6) is 0 Å². The van der Waals surface area contributed by atoms with Crippen molar-refractivity contribution >= 4 is 11.8 Å². The van der Waals surface area contributed by atoms with E-state index >= 15 is 0 Å². The maximum atomic E-state index is 13.6. The number of hydrogen-bond donors (Lipinski definition) is 2. The highest BCUT2D eigenvalue weighted by Gasteiger charge is 2.12. The van der Waals surface area contributed by atoms with E-state index in [4.69, 9.17) is 0 Å². The number of amides is 2. The zero-order chi connectivity index (χ0) is 18.4. The van der Waals surface area contributed by atoms with Crippen LogP contribution in [0.2, 0.25) is 0 Å². The number of hydrogen-bond acceptors (Lipinski definition) is 2. The SMILES string of the molecule is CC[C@H](C)NC(=O)c1ccc(CNC(=O)c2ccc(F)cc2F)cc1. The number of benzene rings is 2. The molecule has 4 nitrogen and oxygen atoms in total. The summed E-state index contributed by atoms with van der Waals surface area (Å²) in [4.78, 5) is 23.9. The summed E-state index contributed by atoms with van der Waals surface area (Å²) in [6.07, 6.45) is 0.843. The number of rotatable bonds is 6. The van der Waals surface area contributed by atoms with Crippen molar-refractivity contribution in [3.63, 3.8) is 0 Å². The second-order valence-electron chi connectivity index (χ2n) is 5.79.